The molecule has 2 amide bonds. The van der Waals surface area contributed by atoms with Gasteiger partial charge in [0.05, 0.1) is 11.1 Å². The Morgan fingerprint density at radius 3 is 2.71 bits per heavy atom. The first kappa shape index (κ1) is 22.3. The van der Waals surface area contributed by atoms with Crippen LogP contribution in [0, 0.1) is 0 Å². The first-order valence-corrected chi connectivity index (χ1v) is 13.2. The van der Waals surface area contributed by atoms with Gasteiger partial charge in [-0.2, -0.15) is 11.8 Å². The average molecular weight is 463 g/mol. The normalized spacial score (nSPS) is 16.3. The van der Waals surface area contributed by atoms with Crippen molar-refractivity contribution in [3.8, 4) is 0 Å². The smallest absolute Gasteiger partial charge is 0.259 e. The number of rotatable bonds is 8. The van der Waals surface area contributed by atoms with Gasteiger partial charge in [0, 0.05) is 43.1 Å². The highest BCUT2D eigenvalue weighted by molar-refractivity contribution is 7.98. The zero-order chi connectivity index (χ0) is 21.6. The van der Waals surface area contributed by atoms with E-state index in [0.29, 0.717) is 36.7 Å². The van der Waals surface area contributed by atoms with E-state index in [1.54, 1.807) is 23.1 Å². The fourth-order valence-electron chi connectivity index (χ4n) is 4.32. The quantitative estimate of drug-likeness (QED) is 0.588. The number of carbonyl (C=O) groups is 2. The van der Waals surface area contributed by atoms with E-state index >= 15 is 0 Å². The number of nitrogens with zero attached hydrogens (tertiary/aromatic N) is 2. The Balaban J connectivity index is 1.16. The summed E-state index contributed by atoms with van der Waals surface area (Å²) in [6, 6.07) is 0. The molecule has 0 unspecified atom stereocenters. The van der Waals surface area contributed by atoms with Crippen LogP contribution in [0.4, 0.5) is 0 Å². The van der Waals surface area contributed by atoms with Crippen molar-refractivity contribution in [2.75, 3.05) is 25.4 Å². The van der Waals surface area contributed by atoms with Crippen molar-refractivity contribution in [2.45, 2.75) is 63.5 Å². The van der Waals surface area contributed by atoms with Crippen LogP contribution in [0.1, 0.15) is 61.2 Å². The number of H-pyrrole nitrogens is 1. The molecular weight excluding hydrogens is 432 g/mol. The van der Waals surface area contributed by atoms with Gasteiger partial charge in [0.1, 0.15) is 10.7 Å². The van der Waals surface area contributed by atoms with E-state index in [9.17, 15) is 14.4 Å². The lowest BCUT2D eigenvalue weighted by Crippen LogP contribution is -2.35. The highest BCUT2D eigenvalue weighted by atomic mass is 32.2. The lowest BCUT2D eigenvalue weighted by Gasteiger charge is -2.20. The predicted molar refractivity (Wildman–Crippen MR) is 126 cm³/mol. The van der Waals surface area contributed by atoms with Gasteiger partial charge in [-0.3, -0.25) is 14.4 Å². The summed E-state index contributed by atoms with van der Waals surface area (Å²) in [6.45, 7) is 2.09. The summed E-state index contributed by atoms with van der Waals surface area (Å²) in [5, 5.41) is 3.63. The topological polar surface area (TPSA) is 95.2 Å². The molecule has 0 radical (unpaired) electrons. The summed E-state index contributed by atoms with van der Waals surface area (Å²) in [7, 11) is 0. The summed E-state index contributed by atoms with van der Waals surface area (Å²) >= 11 is 3.23. The number of nitrogens with one attached hydrogen (secondary N) is 2. The number of hydrogen-bond acceptors (Lipinski definition) is 6. The molecule has 31 heavy (non-hydrogen) atoms. The second-order valence-corrected chi connectivity index (χ2v) is 10.4. The van der Waals surface area contributed by atoms with Gasteiger partial charge >= 0.3 is 0 Å². The van der Waals surface area contributed by atoms with Crippen LogP contribution in [0.25, 0.3) is 10.2 Å². The molecule has 0 atom stereocenters. The predicted octanol–water partition coefficient (Wildman–Crippen LogP) is 3.01. The first-order valence-electron chi connectivity index (χ1n) is 11.3. The Kier molecular flexibility index (Phi) is 7.66. The molecule has 4 rings (SSSR count). The molecule has 1 fully saturated rings. The van der Waals surface area contributed by atoms with Gasteiger partial charge < -0.3 is 15.2 Å². The largest absolute Gasteiger partial charge is 0.356 e. The Morgan fingerprint density at radius 2 is 1.90 bits per heavy atom. The molecule has 0 aromatic carbocycles. The Bertz CT molecular complexity index is 993. The van der Waals surface area contributed by atoms with E-state index in [2.05, 4.69) is 15.3 Å². The van der Waals surface area contributed by atoms with Gasteiger partial charge in [0.2, 0.25) is 11.8 Å². The van der Waals surface area contributed by atoms with Crippen molar-refractivity contribution in [3.05, 3.63) is 26.6 Å². The first-order chi connectivity index (χ1) is 15.1. The minimum atomic E-state index is -0.0391. The second-order valence-electron chi connectivity index (χ2n) is 8.25. The maximum Gasteiger partial charge on any atom is 0.259 e. The molecule has 0 spiro atoms. The number of aromatic amines is 1. The molecule has 2 aromatic rings. The molecule has 0 saturated carbocycles. The molecule has 1 aliphatic carbocycles. The van der Waals surface area contributed by atoms with Crippen molar-refractivity contribution >= 4 is 45.1 Å². The van der Waals surface area contributed by atoms with E-state index in [0.717, 1.165) is 55.4 Å². The van der Waals surface area contributed by atoms with Crippen LogP contribution in [0.15, 0.2) is 4.79 Å². The summed E-state index contributed by atoms with van der Waals surface area (Å²) in [5.41, 5.74) is 1.16. The molecule has 2 aliphatic rings. The molecule has 1 aliphatic heterocycles. The van der Waals surface area contributed by atoms with Gasteiger partial charge in [0.25, 0.3) is 5.56 Å². The minimum absolute atomic E-state index is 0.0354. The molecule has 9 heteroatoms. The Labute approximate surface area is 190 Å². The molecule has 7 nitrogen and oxygen atoms in total. The van der Waals surface area contributed by atoms with Gasteiger partial charge in [-0.25, -0.2) is 4.98 Å². The van der Waals surface area contributed by atoms with E-state index in [1.807, 2.05) is 4.90 Å². The number of carbonyl (C=O) groups excluding carboxylic acids is 2. The van der Waals surface area contributed by atoms with Crippen molar-refractivity contribution in [1.29, 1.82) is 0 Å². The van der Waals surface area contributed by atoms with Crippen LogP contribution in [0.5, 0.6) is 0 Å². The monoisotopic (exact) mass is 462 g/mol. The van der Waals surface area contributed by atoms with Crippen LogP contribution >= 0.6 is 23.1 Å². The van der Waals surface area contributed by atoms with Gasteiger partial charge in [0.15, 0.2) is 0 Å². The summed E-state index contributed by atoms with van der Waals surface area (Å²) < 4.78 is 0. The molecular formula is C22H30N4O3S2. The van der Waals surface area contributed by atoms with Crippen LogP contribution in [-0.2, 0) is 28.2 Å². The van der Waals surface area contributed by atoms with Gasteiger partial charge in [-0.1, -0.05) is 12.8 Å². The fraction of sp³-hybridized carbons (Fsp3) is 0.636. The summed E-state index contributed by atoms with van der Waals surface area (Å²) in [6.07, 6.45) is 8.48. The number of fused-ring (bicyclic) bond motifs is 3. The third-order valence-corrected chi connectivity index (χ3v) is 8.11. The Morgan fingerprint density at radius 1 is 1.10 bits per heavy atom. The number of aryl methyl sites for hydroxylation is 2. The second kappa shape index (κ2) is 10.6. The van der Waals surface area contributed by atoms with Gasteiger partial charge in [-0.05, 0) is 37.7 Å². The lowest BCUT2D eigenvalue weighted by molar-refractivity contribution is -0.131. The summed E-state index contributed by atoms with van der Waals surface area (Å²) in [4.78, 5) is 48.4. The highest BCUT2D eigenvalue weighted by Gasteiger charge is 2.21. The number of hydrogen-bond donors (Lipinski definition) is 2. The van der Waals surface area contributed by atoms with Crippen molar-refractivity contribution in [1.82, 2.24) is 20.2 Å². The highest BCUT2D eigenvalue weighted by Crippen LogP contribution is 2.34. The maximum absolute atomic E-state index is 12.5. The fourth-order valence-corrected chi connectivity index (χ4v) is 6.41. The van der Waals surface area contributed by atoms with Gasteiger partial charge in [-0.15, -0.1) is 11.3 Å². The zero-order valence-electron chi connectivity index (χ0n) is 17.8. The average Bonchev–Trinajstić information content (AvgIpc) is 3.21. The third-order valence-electron chi connectivity index (χ3n) is 5.96. The third kappa shape index (κ3) is 5.68. The van der Waals surface area contributed by atoms with Crippen molar-refractivity contribution < 1.29 is 9.59 Å². The zero-order valence-corrected chi connectivity index (χ0v) is 19.5. The number of amides is 2. The molecule has 2 aromatic heterocycles. The van der Waals surface area contributed by atoms with Crippen LogP contribution in [-0.4, -0.2) is 52.1 Å². The molecule has 1 saturated heterocycles. The minimum Gasteiger partial charge on any atom is -0.356 e. The molecule has 2 N–H and O–H groups in total. The van der Waals surface area contributed by atoms with Crippen molar-refractivity contribution in [3.63, 3.8) is 0 Å². The number of likely N-dealkylation sites (tertiary alicyclic amines) is 1. The maximum atomic E-state index is 12.5. The Hall–Kier alpha value is -1.87. The van der Waals surface area contributed by atoms with Crippen molar-refractivity contribution in [2.24, 2.45) is 0 Å². The lowest BCUT2D eigenvalue weighted by atomic mass is 10.2. The summed E-state index contributed by atoms with van der Waals surface area (Å²) in [5.74, 6) is 2.00. The molecule has 0 bridgehead atoms. The van der Waals surface area contributed by atoms with Crippen LogP contribution < -0.4 is 10.9 Å². The number of aromatic nitrogens is 2. The van der Waals surface area contributed by atoms with Crippen LogP contribution in [0.3, 0.4) is 0 Å². The number of thioether (sulfide) groups is 1. The van der Waals surface area contributed by atoms with E-state index in [-0.39, 0.29) is 17.4 Å². The van der Waals surface area contributed by atoms with E-state index in [4.69, 9.17) is 0 Å². The SMILES string of the molecule is O=C(CCSCc1nc2sc3c(c2c(=O)[nH]1)CCC3)NCCC(=O)N1CCCCCC1. The van der Waals surface area contributed by atoms with E-state index < -0.39 is 0 Å². The van der Waals surface area contributed by atoms with E-state index in [1.165, 1.54) is 23.3 Å². The number of thiophene rings is 1. The molecule has 3 heterocycles. The standard InChI is InChI=1S/C22H30N4O3S2/c27-18(23-10-8-19(28)26-11-3-1-2-4-12-26)9-13-30-14-17-24-21(29)20-15-6-5-7-16(15)31-22(20)25-17/h1-14H2,(H,23,27)(H,24,25,29). The van der Waals surface area contributed by atoms with Crippen LogP contribution in [0.2, 0.25) is 0 Å². The molecule has 168 valence electrons.